The van der Waals surface area contributed by atoms with E-state index in [1.165, 1.54) is 0 Å². The van der Waals surface area contributed by atoms with Crippen molar-refractivity contribution in [2.24, 2.45) is 0 Å². The second-order valence-electron chi connectivity index (χ2n) is 8.28. The molecular formula is C29H26N2O4. The molecule has 0 aliphatic rings. The summed E-state index contributed by atoms with van der Waals surface area (Å²) < 4.78 is 21.8. The summed E-state index contributed by atoms with van der Waals surface area (Å²) in [6, 6.07) is 33.3. The van der Waals surface area contributed by atoms with Crippen LogP contribution in [0, 0.1) is 10.8 Å². The Balaban J connectivity index is 1.36. The van der Waals surface area contributed by atoms with E-state index in [2.05, 4.69) is 13.8 Å². The highest BCUT2D eigenvalue weighted by Crippen LogP contribution is 2.33. The number of para-hydroxylation sites is 2. The van der Waals surface area contributed by atoms with E-state index in [1.54, 1.807) is 24.3 Å². The second kappa shape index (κ2) is 10.6. The van der Waals surface area contributed by atoms with E-state index in [-0.39, 0.29) is 17.6 Å². The predicted molar refractivity (Wildman–Crippen MR) is 136 cm³/mol. The number of rotatable bonds is 6. The maximum Gasteiger partial charge on any atom is 0.391 e. The highest BCUT2D eigenvalue weighted by Gasteiger charge is 2.23. The molecule has 0 heterocycles. The van der Waals surface area contributed by atoms with Crippen molar-refractivity contribution < 1.29 is 18.9 Å². The molecule has 0 spiro atoms. The Morgan fingerprint density at radius 1 is 0.457 bits per heavy atom. The Hall–Kier alpha value is -4.58. The van der Waals surface area contributed by atoms with Crippen molar-refractivity contribution in [1.82, 2.24) is 0 Å². The van der Waals surface area contributed by atoms with Crippen LogP contribution in [0.1, 0.15) is 25.0 Å². The van der Waals surface area contributed by atoms with Crippen LogP contribution in [0.4, 0.5) is 0 Å². The molecule has 0 aromatic heterocycles. The van der Waals surface area contributed by atoms with Crippen LogP contribution < -0.4 is 18.9 Å². The summed E-state index contributed by atoms with van der Waals surface area (Å²) in [5.74, 6) is 2.13. The first-order valence-electron chi connectivity index (χ1n) is 11.1. The maximum atomic E-state index is 7.93. The number of hydrogen-bond donors (Lipinski definition) is 2. The van der Waals surface area contributed by atoms with Gasteiger partial charge < -0.3 is 18.9 Å². The zero-order valence-corrected chi connectivity index (χ0v) is 19.5. The molecule has 6 heteroatoms. The Labute approximate surface area is 204 Å². The second-order valence-corrected chi connectivity index (χ2v) is 8.28. The molecule has 0 aliphatic carbocycles. The minimum atomic E-state index is -0.293. The summed E-state index contributed by atoms with van der Waals surface area (Å²) in [5.41, 5.74) is 1.86. The monoisotopic (exact) mass is 466 g/mol. The van der Waals surface area contributed by atoms with E-state index in [9.17, 15) is 0 Å². The van der Waals surface area contributed by atoms with Crippen molar-refractivity contribution in [2.75, 3.05) is 0 Å². The lowest BCUT2D eigenvalue weighted by Crippen LogP contribution is -2.19. The smallest absolute Gasteiger partial charge is 0.391 e. The number of ether oxygens (including phenoxy) is 4. The number of nitrogens with one attached hydrogen (secondary N) is 2. The summed E-state index contributed by atoms with van der Waals surface area (Å²) in [6.45, 7) is 4.25. The molecule has 0 unspecified atom stereocenters. The van der Waals surface area contributed by atoms with Crippen molar-refractivity contribution in [3.63, 3.8) is 0 Å². The van der Waals surface area contributed by atoms with Crippen molar-refractivity contribution >= 4 is 12.2 Å². The van der Waals surface area contributed by atoms with Crippen LogP contribution in [0.3, 0.4) is 0 Å². The third-order valence-electron chi connectivity index (χ3n) is 5.48. The van der Waals surface area contributed by atoms with Crippen LogP contribution in [-0.4, -0.2) is 12.2 Å². The molecule has 4 aromatic carbocycles. The average molecular weight is 467 g/mol. The highest BCUT2D eigenvalue weighted by molar-refractivity contribution is 5.70. The summed E-state index contributed by atoms with van der Waals surface area (Å²) in [4.78, 5) is 0. The van der Waals surface area contributed by atoms with Crippen LogP contribution >= 0.6 is 0 Å². The van der Waals surface area contributed by atoms with E-state index in [0.29, 0.717) is 23.0 Å². The summed E-state index contributed by atoms with van der Waals surface area (Å²) in [6.07, 6.45) is -0.582. The molecule has 0 radical (unpaired) electrons. The van der Waals surface area contributed by atoms with Gasteiger partial charge in [0.1, 0.15) is 23.0 Å². The minimum Gasteiger partial charge on any atom is -0.411 e. The van der Waals surface area contributed by atoms with E-state index in [4.69, 9.17) is 29.8 Å². The van der Waals surface area contributed by atoms with Gasteiger partial charge in [0.15, 0.2) is 0 Å². The molecule has 0 saturated heterocycles. The molecule has 0 fully saturated rings. The lowest BCUT2D eigenvalue weighted by molar-refractivity contribution is 0.378. The first-order valence-corrected chi connectivity index (χ1v) is 11.1. The molecule has 176 valence electrons. The molecule has 4 rings (SSSR count). The third kappa shape index (κ3) is 6.26. The lowest BCUT2D eigenvalue weighted by Gasteiger charge is -2.26. The third-order valence-corrected chi connectivity index (χ3v) is 5.48. The van der Waals surface area contributed by atoms with Crippen molar-refractivity contribution in [3.05, 3.63) is 120 Å². The zero-order chi connectivity index (χ0) is 24.7. The van der Waals surface area contributed by atoms with Gasteiger partial charge in [0, 0.05) is 5.41 Å². The SMILES string of the molecule is CC(C)(c1ccc(OC(=N)Oc2ccccc2)cc1)c1ccc(OC(=N)Oc2ccccc2)cc1. The van der Waals surface area contributed by atoms with Gasteiger partial charge in [-0.2, -0.15) is 0 Å². The molecule has 6 nitrogen and oxygen atoms in total. The van der Waals surface area contributed by atoms with Gasteiger partial charge >= 0.3 is 12.2 Å². The van der Waals surface area contributed by atoms with E-state index < -0.39 is 0 Å². The van der Waals surface area contributed by atoms with Crippen LogP contribution in [0.25, 0.3) is 0 Å². The zero-order valence-electron chi connectivity index (χ0n) is 19.5. The standard InChI is InChI=1S/C29H26N2O4/c1-29(2,21-13-17-25(18-14-21)34-27(30)32-23-9-5-3-6-10-23)22-15-19-26(20-16-22)35-28(31)33-24-11-7-4-8-12-24/h3-20,30-31H,1-2H3. The summed E-state index contributed by atoms with van der Waals surface area (Å²) in [7, 11) is 0. The van der Waals surface area contributed by atoms with Crippen LogP contribution in [0.2, 0.25) is 0 Å². The largest absolute Gasteiger partial charge is 0.411 e. The molecular weight excluding hydrogens is 440 g/mol. The summed E-state index contributed by atoms with van der Waals surface area (Å²) >= 11 is 0. The van der Waals surface area contributed by atoms with Crippen molar-refractivity contribution in [3.8, 4) is 23.0 Å². The molecule has 4 aromatic rings. The van der Waals surface area contributed by atoms with Gasteiger partial charge in [-0.15, -0.1) is 0 Å². The topological polar surface area (TPSA) is 84.6 Å². The van der Waals surface area contributed by atoms with Gasteiger partial charge in [0.2, 0.25) is 0 Å². The molecule has 0 bridgehead atoms. The van der Waals surface area contributed by atoms with Crippen molar-refractivity contribution in [1.29, 1.82) is 10.8 Å². The van der Waals surface area contributed by atoms with E-state index in [1.807, 2.05) is 84.9 Å². The quantitative estimate of drug-likeness (QED) is 0.242. The van der Waals surface area contributed by atoms with Gasteiger partial charge in [-0.05, 0) is 59.7 Å². The van der Waals surface area contributed by atoms with Gasteiger partial charge in [-0.25, -0.2) is 10.8 Å². The molecule has 0 saturated carbocycles. The fraction of sp³-hybridized carbons (Fsp3) is 0.103. The minimum absolute atomic E-state index is 0.291. The summed E-state index contributed by atoms with van der Waals surface area (Å²) in [5, 5.41) is 15.9. The van der Waals surface area contributed by atoms with Crippen LogP contribution in [-0.2, 0) is 5.41 Å². The van der Waals surface area contributed by atoms with E-state index >= 15 is 0 Å². The molecule has 0 aliphatic heterocycles. The molecule has 0 atom stereocenters. The van der Waals surface area contributed by atoms with Crippen molar-refractivity contribution in [2.45, 2.75) is 19.3 Å². The Morgan fingerprint density at radius 3 is 1.06 bits per heavy atom. The van der Waals surface area contributed by atoms with Crippen LogP contribution in [0.5, 0.6) is 23.0 Å². The van der Waals surface area contributed by atoms with Gasteiger partial charge in [0.05, 0.1) is 0 Å². The molecule has 35 heavy (non-hydrogen) atoms. The molecule has 2 N–H and O–H groups in total. The van der Waals surface area contributed by atoms with Gasteiger partial charge in [-0.3, -0.25) is 0 Å². The predicted octanol–water partition coefficient (Wildman–Crippen LogP) is 6.80. The Bertz CT molecular complexity index is 1170. The number of benzene rings is 4. The maximum absolute atomic E-state index is 7.93. The number of hydrogen-bond acceptors (Lipinski definition) is 6. The normalized spacial score (nSPS) is 10.8. The van der Waals surface area contributed by atoms with Crippen LogP contribution in [0.15, 0.2) is 109 Å². The fourth-order valence-corrected chi connectivity index (χ4v) is 3.49. The van der Waals surface area contributed by atoms with Gasteiger partial charge in [0.25, 0.3) is 0 Å². The van der Waals surface area contributed by atoms with E-state index in [0.717, 1.165) is 11.1 Å². The Morgan fingerprint density at radius 2 is 0.743 bits per heavy atom. The fourth-order valence-electron chi connectivity index (χ4n) is 3.49. The molecule has 0 amide bonds. The highest BCUT2D eigenvalue weighted by atomic mass is 16.7. The lowest BCUT2D eigenvalue weighted by atomic mass is 9.78. The first kappa shape index (κ1) is 23.6. The Kier molecular flexibility index (Phi) is 7.12. The first-order chi connectivity index (χ1) is 16.9. The van der Waals surface area contributed by atoms with Gasteiger partial charge in [-0.1, -0.05) is 74.5 Å². The average Bonchev–Trinajstić information content (AvgIpc) is 2.86.